The van der Waals surface area contributed by atoms with Crippen LogP contribution in [0.25, 0.3) is 0 Å². The van der Waals surface area contributed by atoms with Gasteiger partial charge >= 0.3 is 0 Å². The zero-order chi connectivity index (χ0) is 14.8. The van der Waals surface area contributed by atoms with Gasteiger partial charge in [0, 0.05) is 11.5 Å². The molecule has 0 aliphatic carbocycles. The highest BCUT2D eigenvalue weighted by atomic mass is 79.9. The number of hydrogen-bond donors (Lipinski definition) is 2. The normalized spacial score (nSPS) is 11.2. The third kappa shape index (κ3) is 3.10. The molecule has 0 radical (unpaired) electrons. The van der Waals surface area contributed by atoms with Gasteiger partial charge in [-0.15, -0.1) is 0 Å². The van der Waals surface area contributed by atoms with Gasteiger partial charge < -0.3 is 5.32 Å². The predicted octanol–water partition coefficient (Wildman–Crippen LogP) is 3.43. The largest absolute Gasteiger partial charge is 0.387 e. The second-order valence-corrected chi connectivity index (χ2v) is 6.54. The van der Waals surface area contributed by atoms with E-state index in [9.17, 15) is 12.8 Å². The molecule has 2 N–H and O–H groups in total. The summed E-state index contributed by atoms with van der Waals surface area (Å²) in [6.45, 7) is 0. The molecule has 0 heterocycles. The third-order valence-electron chi connectivity index (χ3n) is 2.62. The molecule has 0 unspecified atom stereocenters. The predicted molar refractivity (Wildman–Crippen MR) is 80.9 cm³/mol. The molecule has 0 spiro atoms. The van der Waals surface area contributed by atoms with Crippen LogP contribution in [0.1, 0.15) is 0 Å². The molecular weight excluding hydrogens is 347 g/mol. The van der Waals surface area contributed by atoms with Gasteiger partial charge in [0.15, 0.2) is 0 Å². The van der Waals surface area contributed by atoms with Crippen LogP contribution in [0.15, 0.2) is 51.8 Å². The SMILES string of the molecule is CNc1ccccc1S(=O)(=O)Nc1ccc(Br)cc1F. The number of nitrogens with one attached hydrogen (secondary N) is 2. The average Bonchev–Trinajstić information content (AvgIpc) is 2.42. The number of anilines is 2. The van der Waals surface area contributed by atoms with E-state index in [1.54, 1.807) is 31.3 Å². The fraction of sp³-hybridized carbons (Fsp3) is 0.0769. The molecule has 2 aromatic rings. The summed E-state index contributed by atoms with van der Waals surface area (Å²) < 4.78 is 41.1. The second-order valence-electron chi connectivity index (χ2n) is 3.98. The molecule has 0 aliphatic rings. The van der Waals surface area contributed by atoms with Crippen LogP contribution in [0, 0.1) is 5.82 Å². The summed E-state index contributed by atoms with van der Waals surface area (Å²) in [5, 5.41) is 2.79. The van der Waals surface area contributed by atoms with E-state index in [4.69, 9.17) is 0 Å². The summed E-state index contributed by atoms with van der Waals surface area (Å²) in [6, 6.07) is 10.5. The van der Waals surface area contributed by atoms with E-state index in [1.165, 1.54) is 18.2 Å². The van der Waals surface area contributed by atoms with E-state index < -0.39 is 15.8 Å². The summed E-state index contributed by atoms with van der Waals surface area (Å²) in [5.74, 6) is -0.648. The summed E-state index contributed by atoms with van der Waals surface area (Å²) in [7, 11) is -2.24. The number of benzene rings is 2. The Hall–Kier alpha value is -1.60. The van der Waals surface area contributed by atoms with Crippen LogP contribution in [0.2, 0.25) is 0 Å². The van der Waals surface area contributed by atoms with Gasteiger partial charge in [0.05, 0.1) is 11.4 Å². The Morgan fingerprint density at radius 3 is 2.45 bits per heavy atom. The van der Waals surface area contributed by atoms with Gasteiger partial charge in [0.2, 0.25) is 0 Å². The van der Waals surface area contributed by atoms with E-state index in [1.807, 2.05) is 0 Å². The van der Waals surface area contributed by atoms with Crippen LogP contribution in [0.3, 0.4) is 0 Å². The van der Waals surface area contributed by atoms with E-state index in [2.05, 4.69) is 26.0 Å². The topological polar surface area (TPSA) is 58.2 Å². The lowest BCUT2D eigenvalue weighted by atomic mass is 10.3. The summed E-state index contributed by atoms with van der Waals surface area (Å²) >= 11 is 3.12. The molecular formula is C13H12BrFN2O2S. The molecule has 20 heavy (non-hydrogen) atoms. The zero-order valence-electron chi connectivity index (χ0n) is 10.5. The molecule has 0 atom stereocenters. The quantitative estimate of drug-likeness (QED) is 0.880. The van der Waals surface area contributed by atoms with Crippen molar-refractivity contribution in [1.82, 2.24) is 0 Å². The lowest BCUT2D eigenvalue weighted by Gasteiger charge is -2.12. The average molecular weight is 359 g/mol. The Balaban J connectivity index is 2.41. The molecule has 0 fully saturated rings. The first kappa shape index (κ1) is 14.8. The summed E-state index contributed by atoms with van der Waals surface area (Å²) in [6.07, 6.45) is 0. The van der Waals surface area contributed by atoms with Gasteiger partial charge in [-0.3, -0.25) is 4.72 Å². The van der Waals surface area contributed by atoms with Crippen molar-refractivity contribution in [2.24, 2.45) is 0 Å². The maximum Gasteiger partial charge on any atom is 0.264 e. The first-order valence-corrected chi connectivity index (χ1v) is 7.96. The smallest absolute Gasteiger partial charge is 0.264 e. The van der Waals surface area contributed by atoms with Crippen molar-refractivity contribution < 1.29 is 12.8 Å². The third-order valence-corrected chi connectivity index (χ3v) is 4.54. The summed E-state index contributed by atoms with van der Waals surface area (Å²) in [4.78, 5) is 0.0600. The first-order chi connectivity index (χ1) is 9.44. The first-order valence-electron chi connectivity index (χ1n) is 5.68. The van der Waals surface area contributed by atoms with Crippen LogP contribution in [0.5, 0.6) is 0 Å². The van der Waals surface area contributed by atoms with Gasteiger partial charge in [-0.1, -0.05) is 28.1 Å². The molecule has 4 nitrogen and oxygen atoms in total. The monoisotopic (exact) mass is 358 g/mol. The Morgan fingerprint density at radius 1 is 1.10 bits per heavy atom. The minimum absolute atomic E-state index is 0.0600. The van der Waals surface area contributed by atoms with E-state index in [0.717, 1.165) is 0 Å². The van der Waals surface area contributed by atoms with E-state index in [0.29, 0.717) is 10.2 Å². The van der Waals surface area contributed by atoms with E-state index in [-0.39, 0.29) is 10.6 Å². The van der Waals surface area contributed by atoms with Crippen LogP contribution in [-0.2, 0) is 10.0 Å². The lowest BCUT2D eigenvalue weighted by Crippen LogP contribution is -2.15. The standard InChI is InChI=1S/C13H12BrFN2O2S/c1-16-12-4-2-3-5-13(12)20(18,19)17-11-7-6-9(14)8-10(11)15/h2-8,16-17H,1H3. The Morgan fingerprint density at radius 2 is 1.80 bits per heavy atom. The summed E-state index contributed by atoms with van der Waals surface area (Å²) in [5.41, 5.74) is 0.344. The van der Waals surface area contributed by atoms with Gasteiger partial charge in [-0.2, -0.15) is 0 Å². The highest BCUT2D eigenvalue weighted by Gasteiger charge is 2.19. The molecule has 2 rings (SSSR count). The molecule has 106 valence electrons. The van der Waals surface area contributed by atoms with Crippen molar-refractivity contribution >= 4 is 37.3 Å². The molecule has 0 aromatic heterocycles. The second kappa shape index (κ2) is 5.80. The number of hydrogen-bond acceptors (Lipinski definition) is 3. The fourth-order valence-corrected chi connectivity index (χ4v) is 3.29. The number of halogens is 2. The van der Waals surface area contributed by atoms with E-state index >= 15 is 0 Å². The molecule has 0 saturated carbocycles. The Labute approximate surface area is 125 Å². The zero-order valence-corrected chi connectivity index (χ0v) is 12.9. The van der Waals surface area contributed by atoms with Gasteiger partial charge in [-0.05, 0) is 30.3 Å². The molecule has 0 bridgehead atoms. The fourth-order valence-electron chi connectivity index (χ4n) is 1.68. The minimum Gasteiger partial charge on any atom is -0.387 e. The van der Waals surface area contributed by atoms with Crippen molar-refractivity contribution in [3.8, 4) is 0 Å². The maximum absolute atomic E-state index is 13.7. The Bertz CT molecular complexity index is 735. The van der Waals surface area contributed by atoms with Crippen LogP contribution in [-0.4, -0.2) is 15.5 Å². The van der Waals surface area contributed by atoms with Crippen molar-refractivity contribution in [2.75, 3.05) is 17.1 Å². The minimum atomic E-state index is -3.86. The van der Waals surface area contributed by atoms with Gasteiger partial charge in [-0.25, -0.2) is 12.8 Å². The lowest BCUT2D eigenvalue weighted by molar-refractivity contribution is 0.598. The highest BCUT2D eigenvalue weighted by Crippen LogP contribution is 2.25. The number of para-hydroxylation sites is 1. The van der Waals surface area contributed by atoms with Crippen LogP contribution >= 0.6 is 15.9 Å². The van der Waals surface area contributed by atoms with Crippen molar-refractivity contribution in [3.63, 3.8) is 0 Å². The highest BCUT2D eigenvalue weighted by molar-refractivity contribution is 9.10. The Kier molecular flexibility index (Phi) is 4.29. The maximum atomic E-state index is 13.7. The number of sulfonamides is 1. The molecule has 0 saturated heterocycles. The molecule has 0 aliphatic heterocycles. The molecule has 7 heteroatoms. The van der Waals surface area contributed by atoms with Crippen molar-refractivity contribution in [2.45, 2.75) is 4.90 Å². The molecule has 0 amide bonds. The van der Waals surface area contributed by atoms with Crippen molar-refractivity contribution in [3.05, 3.63) is 52.8 Å². The van der Waals surface area contributed by atoms with Crippen molar-refractivity contribution in [1.29, 1.82) is 0 Å². The molecule has 2 aromatic carbocycles. The van der Waals surface area contributed by atoms with Crippen LogP contribution in [0.4, 0.5) is 15.8 Å². The van der Waals surface area contributed by atoms with Crippen LogP contribution < -0.4 is 10.0 Å². The van der Waals surface area contributed by atoms with Gasteiger partial charge in [0.25, 0.3) is 10.0 Å². The number of rotatable bonds is 4. The van der Waals surface area contributed by atoms with Gasteiger partial charge in [0.1, 0.15) is 10.7 Å².